The molecule has 8 nitrogen and oxygen atoms in total. The molecule has 0 radical (unpaired) electrons. The lowest BCUT2D eigenvalue weighted by Crippen LogP contribution is -2.41. The van der Waals surface area contributed by atoms with Crippen LogP contribution < -0.4 is 31.5 Å². The molecule has 0 unspecified atom stereocenters. The molecule has 8 heteroatoms. The maximum Gasteiger partial charge on any atom is 0.253 e. The van der Waals surface area contributed by atoms with Crippen LogP contribution in [0, 0.1) is 0 Å². The molecule has 0 aliphatic rings. The zero-order valence-electron chi connectivity index (χ0n) is 15.6. The minimum absolute atomic E-state index is 0.209. The molecule has 3 rings (SSSR count). The first-order valence-electron chi connectivity index (χ1n) is 8.39. The number of nitrogens with zero attached hydrogens (tertiary/aromatic N) is 2. The molecule has 1 aromatic heterocycles. The third kappa shape index (κ3) is 4.22. The molecule has 0 amide bonds. The predicted molar refractivity (Wildman–Crippen MR) is 106 cm³/mol. The number of hydrogen-bond donors (Lipinski definition) is 3. The summed E-state index contributed by atoms with van der Waals surface area (Å²) < 4.78 is 5.19. The van der Waals surface area contributed by atoms with Crippen LogP contribution in [0.4, 0.5) is 28.8 Å². The zero-order chi connectivity index (χ0) is 19.6. The Balaban J connectivity index is 1.80. The number of methoxy groups -OCH3 is 1. The van der Waals surface area contributed by atoms with E-state index in [4.69, 9.17) is 4.74 Å². The summed E-state index contributed by atoms with van der Waals surface area (Å²) in [6.45, 7) is 5.73. The summed E-state index contributed by atoms with van der Waals surface area (Å²) in [7, 11) is 1.59. The lowest BCUT2D eigenvalue weighted by molar-refractivity contribution is 0.415. The van der Waals surface area contributed by atoms with E-state index in [0.717, 1.165) is 5.69 Å². The molecule has 27 heavy (non-hydrogen) atoms. The van der Waals surface area contributed by atoms with Crippen LogP contribution in [0.3, 0.4) is 0 Å². The Morgan fingerprint density at radius 2 is 1.74 bits per heavy atom. The summed E-state index contributed by atoms with van der Waals surface area (Å²) in [6, 6.07) is 8.96. The van der Waals surface area contributed by atoms with E-state index in [1.807, 2.05) is 45.0 Å². The van der Waals surface area contributed by atoms with Gasteiger partial charge < -0.3 is 20.7 Å². The molecule has 0 fully saturated rings. The predicted octanol–water partition coefficient (Wildman–Crippen LogP) is 2.78. The number of nitrogens with one attached hydrogen (secondary N) is 3. The number of aromatic nitrogens is 2. The van der Waals surface area contributed by atoms with E-state index < -0.39 is 10.9 Å². The number of rotatable bonds is 6. The normalized spacial score (nSPS) is 11.3. The topological polar surface area (TPSA) is 105 Å². The summed E-state index contributed by atoms with van der Waals surface area (Å²) >= 11 is 0. The van der Waals surface area contributed by atoms with E-state index in [-0.39, 0.29) is 16.9 Å². The van der Waals surface area contributed by atoms with Gasteiger partial charge in [-0.3, -0.25) is 9.59 Å². The average Bonchev–Trinajstić information content (AvgIpc) is 2.64. The Kier molecular flexibility index (Phi) is 4.81. The minimum Gasteiger partial charge on any atom is -0.497 e. The van der Waals surface area contributed by atoms with Gasteiger partial charge in [0.15, 0.2) is 0 Å². The standard InChI is InChI=1S/C19H21N5O3/c1-19(2,3)24-15-14(16(25)17(15)26)22-13-8-9-20-18(23-13)21-11-6-5-7-12(10-11)27-4/h5-10,24H,1-4H3,(H2,20,21,22,23). The average molecular weight is 367 g/mol. The van der Waals surface area contributed by atoms with Crippen molar-refractivity contribution in [3.8, 4) is 5.75 Å². The molecule has 0 aliphatic carbocycles. The third-order valence-corrected chi connectivity index (χ3v) is 3.64. The van der Waals surface area contributed by atoms with Crippen molar-refractivity contribution in [2.45, 2.75) is 26.3 Å². The molecule has 0 bridgehead atoms. The fourth-order valence-electron chi connectivity index (χ4n) is 2.45. The summed E-state index contributed by atoms with van der Waals surface area (Å²) in [5.74, 6) is 1.45. The lowest BCUT2D eigenvalue weighted by Gasteiger charge is -2.24. The van der Waals surface area contributed by atoms with Crippen LogP contribution in [0.2, 0.25) is 0 Å². The Morgan fingerprint density at radius 3 is 2.44 bits per heavy atom. The first-order valence-corrected chi connectivity index (χ1v) is 8.39. The van der Waals surface area contributed by atoms with Gasteiger partial charge in [-0.2, -0.15) is 4.98 Å². The molecule has 3 aromatic rings. The van der Waals surface area contributed by atoms with Crippen molar-refractivity contribution in [1.29, 1.82) is 0 Å². The SMILES string of the molecule is COc1cccc(Nc2nccc(Nc3c(NC(C)(C)C)c(=O)c3=O)n2)c1. The summed E-state index contributed by atoms with van der Waals surface area (Å²) in [5.41, 5.74) is -0.201. The van der Waals surface area contributed by atoms with Crippen molar-refractivity contribution in [2.75, 3.05) is 23.1 Å². The first kappa shape index (κ1) is 18.4. The maximum absolute atomic E-state index is 11.9. The summed E-state index contributed by atoms with van der Waals surface area (Å²) in [4.78, 5) is 32.3. The van der Waals surface area contributed by atoms with Gasteiger partial charge in [-0.05, 0) is 39.0 Å². The highest BCUT2D eigenvalue weighted by Gasteiger charge is 2.25. The Bertz CT molecular complexity index is 1030. The fourth-order valence-corrected chi connectivity index (χ4v) is 2.45. The minimum atomic E-state index is -0.567. The zero-order valence-corrected chi connectivity index (χ0v) is 15.6. The van der Waals surface area contributed by atoms with Crippen molar-refractivity contribution >= 4 is 28.8 Å². The quantitative estimate of drug-likeness (QED) is 0.571. The Hall–Kier alpha value is -3.42. The number of benzene rings is 1. The van der Waals surface area contributed by atoms with Crippen molar-refractivity contribution in [1.82, 2.24) is 9.97 Å². The van der Waals surface area contributed by atoms with Crippen LogP contribution in [-0.4, -0.2) is 22.6 Å². The highest BCUT2D eigenvalue weighted by atomic mass is 16.5. The van der Waals surface area contributed by atoms with Crippen LogP contribution in [-0.2, 0) is 0 Å². The molecular weight excluding hydrogens is 346 g/mol. The molecular formula is C19H21N5O3. The van der Waals surface area contributed by atoms with Gasteiger partial charge in [-0.1, -0.05) is 6.07 Å². The van der Waals surface area contributed by atoms with Crippen molar-refractivity contribution in [3.05, 3.63) is 57.0 Å². The third-order valence-electron chi connectivity index (χ3n) is 3.64. The van der Waals surface area contributed by atoms with Crippen LogP contribution >= 0.6 is 0 Å². The van der Waals surface area contributed by atoms with E-state index in [0.29, 0.717) is 17.5 Å². The highest BCUT2D eigenvalue weighted by Crippen LogP contribution is 2.24. The smallest absolute Gasteiger partial charge is 0.253 e. The van der Waals surface area contributed by atoms with Crippen LogP contribution in [0.15, 0.2) is 46.1 Å². The van der Waals surface area contributed by atoms with Crippen LogP contribution in [0.25, 0.3) is 0 Å². The Labute approximate surface area is 156 Å². The van der Waals surface area contributed by atoms with Gasteiger partial charge in [-0.25, -0.2) is 4.98 Å². The molecule has 0 aliphatic heterocycles. The monoisotopic (exact) mass is 367 g/mol. The van der Waals surface area contributed by atoms with Gasteiger partial charge in [0.2, 0.25) is 5.95 Å². The molecule has 0 spiro atoms. The second-order valence-electron chi connectivity index (χ2n) is 7.03. The van der Waals surface area contributed by atoms with Crippen molar-refractivity contribution < 1.29 is 4.74 Å². The molecule has 0 saturated heterocycles. The lowest BCUT2D eigenvalue weighted by atomic mass is 10.1. The molecule has 0 saturated carbocycles. The molecule has 0 atom stereocenters. The number of anilines is 5. The summed E-state index contributed by atoms with van der Waals surface area (Å²) in [5, 5.41) is 9.03. The van der Waals surface area contributed by atoms with E-state index in [9.17, 15) is 9.59 Å². The van der Waals surface area contributed by atoms with Crippen molar-refractivity contribution in [3.63, 3.8) is 0 Å². The summed E-state index contributed by atoms with van der Waals surface area (Å²) in [6.07, 6.45) is 1.56. The van der Waals surface area contributed by atoms with Gasteiger partial charge in [0.1, 0.15) is 22.9 Å². The second-order valence-corrected chi connectivity index (χ2v) is 7.03. The van der Waals surface area contributed by atoms with Crippen LogP contribution in [0.1, 0.15) is 20.8 Å². The number of hydrogen-bond acceptors (Lipinski definition) is 8. The number of ether oxygens (including phenoxy) is 1. The van der Waals surface area contributed by atoms with Gasteiger partial charge in [0, 0.05) is 23.5 Å². The maximum atomic E-state index is 11.9. The second kappa shape index (κ2) is 7.06. The van der Waals surface area contributed by atoms with E-state index in [1.165, 1.54) is 0 Å². The molecule has 1 heterocycles. The largest absolute Gasteiger partial charge is 0.497 e. The molecule has 140 valence electrons. The molecule has 2 aromatic carbocycles. The van der Waals surface area contributed by atoms with Gasteiger partial charge in [0.25, 0.3) is 10.9 Å². The van der Waals surface area contributed by atoms with E-state index in [2.05, 4.69) is 25.9 Å². The van der Waals surface area contributed by atoms with E-state index >= 15 is 0 Å². The van der Waals surface area contributed by atoms with Crippen LogP contribution in [0.5, 0.6) is 5.75 Å². The highest BCUT2D eigenvalue weighted by molar-refractivity contribution is 5.78. The van der Waals surface area contributed by atoms with Gasteiger partial charge in [0.05, 0.1) is 7.11 Å². The Morgan fingerprint density at radius 1 is 1.00 bits per heavy atom. The fraction of sp³-hybridized carbons (Fsp3) is 0.263. The van der Waals surface area contributed by atoms with Gasteiger partial charge >= 0.3 is 0 Å². The van der Waals surface area contributed by atoms with E-state index in [1.54, 1.807) is 19.4 Å². The first-order chi connectivity index (χ1) is 12.8. The van der Waals surface area contributed by atoms with Gasteiger partial charge in [-0.15, -0.1) is 0 Å². The molecule has 3 N–H and O–H groups in total. The van der Waals surface area contributed by atoms with Crippen molar-refractivity contribution in [2.24, 2.45) is 0 Å².